The van der Waals surface area contributed by atoms with Crippen LogP contribution in [0.4, 0.5) is 15.8 Å². The van der Waals surface area contributed by atoms with Gasteiger partial charge in [-0.05, 0) is 56.6 Å². The van der Waals surface area contributed by atoms with Gasteiger partial charge in [-0.15, -0.1) is 0 Å². The van der Waals surface area contributed by atoms with E-state index in [2.05, 4.69) is 37.4 Å². The fourth-order valence-electron chi connectivity index (χ4n) is 3.61. The minimum atomic E-state index is -0.605. The van der Waals surface area contributed by atoms with Gasteiger partial charge in [-0.3, -0.25) is 14.5 Å². The van der Waals surface area contributed by atoms with Crippen molar-refractivity contribution < 1.29 is 14.0 Å². The molecule has 0 spiro atoms. The maximum atomic E-state index is 14.2. The summed E-state index contributed by atoms with van der Waals surface area (Å²) in [7, 11) is 0. The van der Waals surface area contributed by atoms with E-state index in [1.807, 2.05) is 0 Å². The molecule has 0 saturated carbocycles. The molecule has 8 nitrogen and oxygen atoms in total. The highest BCUT2D eigenvalue weighted by atomic mass is 19.1. The van der Waals surface area contributed by atoms with Crippen LogP contribution >= 0.6 is 0 Å². The van der Waals surface area contributed by atoms with Crippen LogP contribution in [-0.4, -0.2) is 50.8 Å². The number of benzene rings is 1. The van der Waals surface area contributed by atoms with Gasteiger partial charge >= 0.3 is 0 Å². The van der Waals surface area contributed by atoms with E-state index >= 15 is 0 Å². The van der Waals surface area contributed by atoms with Gasteiger partial charge in [0.2, 0.25) is 5.91 Å². The molecule has 30 heavy (non-hydrogen) atoms. The van der Waals surface area contributed by atoms with Crippen molar-refractivity contribution in [1.29, 1.82) is 0 Å². The number of fused-ring (bicyclic) bond motifs is 1. The van der Waals surface area contributed by atoms with Gasteiger partial charge < -0.3 is 15.6 Å². The van der Waals surface area contributed by atoms with Crippen LogP contribution in [0.1, 0.15) is 36.7 Å². The number of nitrogens with zero attached hydrogens (tertiary/aromatic N) is 3. The summed E-state index contributed by atoms with van der Waals surface area (Å²) in [6.07, 6.45) is 4.83. The molecule has 4 rings (SSSR count). The van der Waals surface area contributed by atoms with Gasteiger partial charge in [-0.25, -0.2) is 14.4 Å². The minimum absolute atomic E-state index is 0.0342. The number of likely N-dealkylation sites (tertiary alicyclic amines) is 1. The number of anilines is 2. The van der Waals surface area contributed by atoms with Crippen molar-refractivity contribution in [3.8, 4) is 0 Å². The fourth-order valence-corrected chi connectivity index (χ4v) is 3.61. The summed E-state index contributed by atoms with van der Waals surface area (Å²) >= 11 is 0. The molecule has 1 aliphatic rings. The number of hydrogen-bond acceptors (Lipinski definition) is 5. The van der Waals surface area contributed by atoms with Gasteiger partial charge in [0.05, 0.1) is 24.1 Å². The zero-order valence-electron chi connectivity index (χ0n) is 16.6. The summed E-state index contributed by atoms with van der Waals surface area (Å²) in [5.41, 5.74) is 1.59. The van der Waals surface area contributed by atoms with Crippen LogP contribution in [0.5, 0.6) is 0 Å². The predicted octanol–water partition coefficient (Wildman–Crippen LogP) is 3.16. The van der Waals surface area contributed by atoms with Crippen molar-refractivity contribution in [2.24, 2.45) is 0 Å². The molecule has 1 fully saturated rings. The Morgan fingerprint density at radius 2 is 2.10 bits per heavy atom. The third-order valence-electron chi connectivity index (χ3n) is 5.30. The standard InChI is InChI=1S/C21H23FN6O2/c1-13-4-2-3-9-28(13)11-19(29)25-14-5-6-15(22)18(10-14)27-21(30)17-8-7-16-20(26-17)24-12-23-16/h5-8,10,12-13H,2-4,9,11H2,1H3,(H,25,29)(H,27,30)(H,23,24,26). The van der Waals surface area contributed by atoms with Crippen molar-refractivity contribution in [3.63, 3.8) is 0 Å². The van der Waals surface area contributed by atoms with Gasteiger partial charge in [0.15, 0.2) is 5.65 Å². The molecule has 3 N–H and O–H groups in total. The Bertz CT molecular complexity index is 1080. The molecule has 1 atom stereocenters. The molecule has 2 aromatic heterocycles. The molecule has 3 heterocycles. The number of hydrogen-bond donors (Lipinski definition) is 3. The number of aromatic nitrogens is 3. The molecule has 2 amide bonds. The molecular formula is C21H23FN6O2. The number of amides is 2. The van der Waals surface area contributed by atoms with E-state index in [4.69, 9.17) is 0 Å². The minimum Gasteiger partial charge on any atom is -0.343 e. The quantitative estimate of drug-likeness (QED) is 0.600. The molecule has 0 aliphatic carbocycles. The van der Waals surface area contributed by atoms with Crippen LogP contribution in [-0.2, 0) is 4.79 Å². The van der Waals surface area contributed by atoms with E-state index in [-0.39, 0.29) is 23.8 Å². The SMILES string of the molecule is CC1CCCCN1CC(=O)Nc1ccc(F)c(NC(=O)c2ccc3[nH]cnc3n2)c1. The average molecular weight is 410 g/mol. The Morgan fingerprint density at radius 3 is 2.93 bits per heavy atom. The predicted molar refractivity (Wildman–Crippen MR) is 112 cm³/mol. The first kappa shape index (κ1) is 20.0. The van der Waals surface area contributed by atoms with Crippen molar-refractivity contribution in [3.05, 3.63) is 48.2 Å². The van der Waals surface area contributed by atoms with Crippen LogP contribution in [0.15, 0.2) is 36.7 Å². The third kappa shape index (κ3) is 4.46. The van der Waals surface area contributed by atoms with Crippen molar-refractivity contribution in [2.45, 2.75) is 32.2 Å². The summed E-state index contributed by atoms with van der Waals surface area (Å²) in [5, 5.41) is 5.29. The van der Waals surface area contributed by atoms with Gasteiger partial charge in [-0.2, -0.15) is 0 Å². The Labute approximate surface area is 172 Å². The lowest BCUT2D eigenvalue weighted by Crippen LogP contribution is -2.42. The highest BCUT2D eigenvalue weighted by molar-refractivity contribution is 6.04. The van der Waals surface area contributed by atoms with Gasteiger partial charge in [-0.1, -0.05) is 6.42 Å². The second kappa shape index (κ2) is 8.58. The largest absolute Gasteiger partial charge is 0.343 e. The Hall–Kier alpha value is -3.33. The van der Waals surface area contributed by atoms with Crippen molar-refractivity contribution >= 4 is 34.4 Å². The van der Waals surface area contributed by atoms with Crippen LogP contribution < -0.4 is 10.6 Å². The number of aromatic amines is 1. The van der Waals surface area contributed by atoms with Gasteiger partial charge in [0, 0.05) is 11.7 Å². The number of H-pyrrole nitrogens is 1. The normalized spacial score (nSPS) is 17.1. The average Bonchev–Trinajstić information content (AvgIpc) is 3.20. The molecule has 1 aliphatic heterocycles. The van der Waals surface area contributed by atoms with E-state index in [1.165, 1.54) is 37.0 Å². The first-order valence-electron chi connectivity index (χ1n) is 9.94. The third-order valence-corrected chi connectivity index (χ3v) is 5.30. The number of rotatable bonds is 5. The molecule has 156 valence electrons. The summed E-state index contributed by atoms with van der Waals surface area (Å²) < 4.78 is 14.2. The van der Waals surface area contributed by atoms with E-state index in [9.17, 15) is 14.0 Å². The Balaban J connectivity index is 1.43. The van der Waals surface area contributed by atoms with Crippen molar-refractivity contribution in [2.75, 3.05) is 23.7 Å². The number of piperidine rings is 1. The number of imidazole rings is 1. The second-order valence-electron chi connectivity index (χ2n) is 7.48. The Kier molecular flexibility index (Phi) is 5.71. The maximum absolute atomic E-state index is 14.2. The fraction of sp³-hybridized carbons (Fsp3) is 0.333. The zero-order chi connectivity index (χ0) is 21.1. The molecule has 0 radical (unpaired) electrons. The highest BCUT2D eigenvalue weighted by Crippen LogP contribution is 2.21. The van der Waals surface area contributed by atoms with Crippen LogP contribution in [0.25, 0.3) is 11.2 Å². The number of halogens is 1. The summed E-state index contributed by atoms with van der Waals surface area (Å²) in [5.74, 6) is -1.34. The maximum Gasteiger partial charge on any atom is 0.274 e. The zero-order valence-corrected chi connectivity index (χ0v) is 16.6. The molecule has 1 saturated heterocycles. The smallest absolute Gasteiger partial charge is 0.274 e. The summed E-state index contributed by atoms with van der Waals surface area (Å²) in [6.45, 7) is 3.30. The molecular weight excluding hydrogens is 387 g/mol. The molecule has 3 aromatic rings. The van der Waals surface area contributed by atoms with Crippen LogP contribution in [0.2, 0.25) is 0 Å². The first-order chi connectivity index (χ1) is 14.5. The van der Waals surface area contributed by atoms with E-state index < -0.39 is 11.7 Å². The van der Waals surface area contributed by atoms with Crippen molar-refractivity contribution in [1.82, 2.24) is 19.9 Å². The lowest BCUT2D eigenvalue weighted by molar-refractivity contribution is -0.118. The monoisotopic (exact) mass is 410 g/mol. The van der Waals surface area contributed by atoms with Crippen LogP contribution in [0.3, 0.4) is 0 Å². The molecule has 9 heteroatoms. The molecule has 1 unspecified atom stereocenters. The molecule has 0 bridgehead atoms. The summed E-state index contributed by atoms with van der Waals surface area (Å²) in [6, 6.07) is 7.65. The number of nitrogens with one attached hydrogen (secondary N) is 3. The molecule has 1 aromatic carbocycles. The summed E-state index contributed by atoms with van der Waals surface area (Å²) in [4.78, 5) is 38.1. The first-order valence-corrected chi connectivity index (χ1v) is 9.94. The van der Waals surface area contributed by atoms with E-state index in [0.717, 1.165) is 19.4 Å². The van der Waals surface area contributed by atoms with E-state index in [0.29, 0.717) is 22.9 Å². The topological polar surface area (TPSA) is 103 Å². The van der Waals surface area contributed by atoms with Gasteiger partial charge in [0.1, 0.15) is 11.5 Å². The second-order valence-corrected chi connectivity index (χ2v) is 7.48. The number of pyridine rings is 1. The number of carbonyl (C=O) groups excluding carboxylic acids is 2. The van der Waals surface area contributed by atoms with Crippen LogP contribution in [0, 0.1) is 5.82 Å². The highest BCUT2D eigenvalue weighted by Gasteiger charge is 2.21. The van der Waals surface area contributed by atoms with E-state index in [1.54, 1.807) is 6.07 Å². The lowest BCUT2D eigenvalue weighted by atomic mass is 10.0. The van der Waals surface area contributed by atoms with Gasteiger partial charge in [0.25, 0.3) is 5.91 Å². The lowest BCUT2D eigenvalue weighted by Gasteiger charge is -2.32. The Morgan fingerprint density at radius 1 is 1.23 bits per heavy atom. The number of carbonyl (C=O) groups is 2.